The second-order valence-corrected chi connectivity index (χ2v) is 8.30. The van der Waals surface area contributed by atoms with E-state index >= 15 is 0 Å². The van der Waals surface area contributed by atoms with Crippen LogP contribution in [0.15, 0.2) is 11.1 Å². The normalized spacial score (nSPS) is 21.2. The summed E-state index contributed by atoms with van der Waals surface area (Å²) in [5.74, 6) is -9.69. The van der Waals surface area contributed by atoms with Gasteiger partial charge in [-0.3, -0.25) is 4.79 Å². The summed E-state index contributed by atoms with van der Waals surface area (Å²) in [5.41, 5.74) is -2.90. The predicted molar refractivity (Wildman–Crippen MR) is 94.2 cm³/mol. The molecule has 0 unspecified atom stereocenters. The number of halogens is 8. The van der Waals surface area contributed by atoms with Crippen molar-refractivity contribution in [1.82, 2.24) is 4.90 Å². The molecule has 1 aliphatic rings. The lowest BCUT2D eigenvalue weighted by molar-refractivity contribution is -0.147. The molecule has 1 saturated carbocycles. The Balaban J connectivity index is 2.19. The minimum Gasteiger partial charge on any atom is -0.460 e. The van der Waals surface area contributed by atoms with Crippen molar-refractivity contribution in [1.29, 1.82) is 0 Å². The SMILES string of the molecule is CN(C)Cc1c(F)c(F)c(COC(=O)[C@H]2[C@@H](/C=C(\Cl)C(F)(F)F)C2(C)C)c(F)c1F. The summed E-state index contributed by atoms with van der Waals surface area (Å²) in [6, 6.07) is 0. The Kier molecular flexibility index (Phi) is 6.83. The van der Waals surface area contributed by atoms with Gasteiger partial charge in [-0.25, -0.2) is 17.6 Å². The van der Waals surface area contributed by atoms with E-state index in [1.807, 2.05) is 0 Å². The van der Waals surface area contributed by atoms with Gasteiger partial charge in [0.1, 0.15) is 11.6 Å². The second-order valence-electron chi connectivity index (χ2n) is 7.90. The predicted octanol–water partition coefficient (Wildman–Crippen LogP) is 5.31. The van der Waals surface area contributed by atoms with Gasteiger partial charge in [-0.15, -0.1) is 0 Å². The van der Waals surface area contributed by atoms with E-state index in [4.69, 9.17) is 16.3 Å². The maximum atomic E-state index is 14.2. The first-order valence-corrected chi connectivity index (χ1v) is 9.08. The summed E-state index contributed by atoms with van der Waals surface area (Å²) in [7, 11) is 2.88. The molecule has 0 heterocycles. The molecule has 0 aliphatic heterocycles. The number of rotatable bonds is 6. The number of carbonyl (C=O) groups is 1. The average Bonchev–Trinajstić information content (AvgIpc) is 3.16. The van der Waals surface area contributed by atoms with Crippen LogP contribution >= 0.6 is 11.6 Å². The summed E-state index contributed by atoms with van der Waals surface area (Å²) < 4.78 is 99.2. The van der Waals surface area contributed by atoms with E-state index in [-0.39, 0.29) is 0 Å². The second kappa shape index (κ2) is 8.37. The smallest absolute Gasteiger partial charge is 0.426 e. The minimum absolute atomic E-state index is 0.407. The van der Waals surface area contributed by atoms with E-state index in [0.717, 1.165) is 0 Å². The van der Waals surface area contributed by atoms with Crippen LogP contribution in [0.2, 0.25) is 0 Å². The fourth-order valence-corrected chi connectivity index (χ4v) is 3.36. The van der Waals surface area contributed by atoms with Gasteiger partial charge >= 0.3 is 12.1 Å². The van der Waals surface area contributed by atoms with Crippen molar-refractivity contribution in [3.05, 3.63) is 45.5 Å². The van der Waals surface area contributed by atoms with Gasteiger partial charge in [0, 0.05) is 12.1 Å². The van der Waals surface area contributed by atoms with Gasteiger partial charge in [0.25, 0.3) is 0 Å². The summed E-state index contributed by atoms with van der Waals surface area (Å²) in [5, 5.41) is -1.41. The number of esters is 1. The van der Waals surface area contributed by atoms with Crippen molar-refractivity contribution in [2.24, 2.45) is 17.3 Å². The molecule has 0 saturated heterocycles. The van der Waals surface area contributed by atoms with E-state index in [9.17, 15) is 35.5 Å². The molecule has 11 heteroatoms. The highest BCUT2D eigenvalue weighted by Gasteiger charge is 2.62. The third kappa shape index (κ3) is 4.74. The highest BCUT2D eigenvalue weighted by molar-refractivity contribution is 6.30. The zero-order chi connectivity index (χ0) is 23.2. The van der Waals surface area contributed by atoms with Crippen molar-refractivity contribution in [3.63, 3.8) is 0 Å². The molecule has 0 radical (unpaired) electrons. The molecular weight excluding hydrogens is 443 g/mol. The van der Waals surface area contributed by atoms with Gasteiger partial charge in [0.05, 0.1) is 11.5 Å². The quantitative estimate of drug-likeness (QED) is 0.327. The first-order chi connectivity index (χ1) is 13.6. The zero-order valence-electron chi connectivity index (χ0n) is 16.4. The molecule has 1 aromatic carbocycles. The molecule has 1 aromatic rings. The first-order valence-electron chi connectivity index (χ1n) is 8.70. The van der Waals surface area contributed by atoms with Crippen molar-refractivity contribution >= 4 is 17.6 Å². The van der Waals surface area contributed by atoms with Crippen molar-refractivity contribution in [3.8, 4) is 0 Å². The van der Waals surface area contributed by atoms with Crippen LogP contribution in [-0.2, 0) is 22.7 Å². The van der Waals surface area contributed by atoms with Gasteiger partial charge in [0.2, 0.25) is 0 Å². The lowest BCUT2D eigenvalue weighted by Crippen LogP contribution is -2.18. The summed E-state index contributed by atoms with van der Waals surface area (Å²) in [4.78, 5) is 13.5. The van der Waals surface area contributed by atoms with Gasteiger partial charge in [-0.1, -0.05) is 31.5 Å². The maximum Gasteiger partial charge on any atom is 0.426 e. The number of benzene rings is 1. The van der Waals surface area contributed by atoms with Crippen LogP contribution in [0.4, 0.5) is 30.7 Å². The number of hydrogen-bond acceptors (Lipinski definition) is 3. The fraction of sp³-hybridized carbons (Fsp3) is 0.526. The van der Waals surface area contributed by atoms with Crippen LogP contribution < -0.4 is 0 Å². The van der Waals surface area contributed by atoms with Crippen LogP contribution in [0, 0.1) is 40.5 Å². The molecule has 1 aliphatic carbocycles. The Hall–Kier alpha value is -1.81. The average molecular weight is 462 g/mol. The number of carbonyl (C=O) groups excluding carboxylic acids is 1. The van der Waals surface area contributed by atoms with Gasteiger partial charge < -0.3 is 9.64 Å². The van der Waals surface area contributed by atoms with E-state index < -0.39 is 82.0 Å². The van der Waals surface area contributed by atoms with Gasteiger partial charge in [-0.05, 0) is 25.4 Å². The lowest BCUT2D eigenvalue weighted by atomic mass is 10.1. The summed E-state index contributed by atoms with van der Waals surface area (Å²) in [6.07, 6.45) is -4.12. The Morgan fingerprint density at radius 1 is 1.07 bits per heavy atom. The molecule has 0 amide bonds. The number of alkyl halides is 3. The molecule has 1 fully saturated rings. The molecule has 3 nitrogen and oxygen atoms in total. The van der Waals surface area contributed by atoms with Crippen molar-refractivity contribution in [2.75, 3.05) is 14.1 Å². The molecule has 168 valence electrons. The molecule has 0 N–H and O–H groups in total. The number of ether oxygens (including phenoxy) is 1. The van der Waals surface area contributed by atoms with E-state index in [2.05, 4.69) is 0 Å². The fourth-order valence-electron chi connectivity index (χ4n) is 3.23. The Bertz CT molecular complexity index is 852. The maximum absolute atomic E-state index is 14.2. The van der Waals surface area contributed by atoms with Crippen LogP contribution in [0.1, 0.15) is 25.0 Å². The molecular formula is C19H19ClF7NO2. The third-order valence-corrected chi connectivity index (χ3v) is 5.38. The third-order valence-electron chi connectivity index (χ3n) is 5.04. The van der Waals surface area contributed by atoms with Crippen LogP contribution in [0.25, 0.3) is 0 Å². The molecule has 2 rings (SSSR count). The molecule has 0 aromatic heterocycles. The monoisotopic (exact) mass is 461 g/mol. The Labute approximate surface area is 173 Å². The van der Waals surface area contributed by atoms with Crippen LogP contribution in [-0.4, -0.2) is 31.1 Å². The first kappa shape index (κ1) is 24.5. The summed E-state index contributed by atoms with van der Waals surface area (Å²) in [6.45, 7) is 1.44. The highest BCUT2D eigenvalue weighted by Crippen LogP contribution is 2.60. The Morgan fingerprint density at radius 2 is 1.53 bits per heavy atom. The van der Waals surface area contributed by atoms with Crippen molar-refractivity contribution < 1.29 is 40.3 Å². The number of hydrogen-bond donors (Lipinski definition) is 0. The van der Waals surface area contributed by atoms with Gasteiger partial charge in [-0.2, -0.15) is 13.2 Å². The number of allylic oxidation sites excluding steroid dienone is 2. The minimum atomic E-state index is -4.79. The van der Waals surface area contributed by atoms with E-state index in [1.165, 1.54) is 32.8 Å². The zero-order valence-corrected chi connectivity index (χ0v) is 17.2. The van der Waals surface area contributed by atoms with Crippen LogP contribution in [0.5, 0.6) is 0 Å². The van der Waals surface area contributed by atoms with Crippen LogP contribution in [0.3, 0.4) is 0 Å². The number of nitrogens with zero attached hydrogens (tertiary/aromatic N) is 1. The molecule has 30 heavy (non-hydrogen) atoms. The van der Waals surface area contributed by atoms with Gasteiger partial charge in [0.15, 0.2) is 23.3 Å². The standard InChI is InChI=1S/C19H19ClF7NO2/c1-18(2)10(5-11(20)19(25,26)27)12(18)17(29)30-7-9-15(23)13(21)8(6-28(3)4)14(22)16(9)24/h5,10,12H,6-7H2,1-4H3/b11-5-/t10-,12-/m1/s1. The van der Waals surface area contributed by atoms with E-state index in [0.29, 0.717) is 6.08 Å². The molecule has 0 bridgehead atoms. The topological polar surface area (TPSA) is 29.5 Å². The summed E-state index contributed by atoms with van der Waals surface area (Å²) >= 11 is 5.19. The lowest BCUT2D eigenvalue weighted by Gasteiger charge is -2.15. The van der Waals surface area contributed by atoms with E-state index in [1.54, 1.807) is 0 Å². The Morgan fingerprint density at radius 3 is 1.97 bits per heavy atom. The molecule has 0 spiro atoms. The molecule has 2 atom stereocenters. The highest BCUT2D eigenvalue weighted by atomic mass is 35.5. The van der Waals surface area contributed by atoms with Crippen molar-refractivity contribution in [2.45, 2.75) is 33.2 Å². The largest absolute Gasteiger partial charge is 0.460 e.